The van der Waals surface area contributed by atoms with Crippen LogP contribution in [0.15, 0.2) is 11.4 Å². The minimum absolute atomic E-state index is 0.106. The molecular formula is C12H19ClN2OS. The third-order valence-corrected chi connectivity index (χ3v) is 3.57. The lowest BCUT2D eigenvalue weighted by atomic mass is 10.2. The van der Waals surface area contributed by atoms with Crippen LogP contribution < -0.4 is 10.6 Å². The molecule has 0 saturated heterocycles. The number of amides is 1. The van der Waals surface area contributed by atoms with Gasteiger partial charge in [-0.2, -0.15) is 0 Å². The van der Waals surface area contributed by atoms with Gasteiger partial charge in [-0.3, -0.25) is 4.79 Å². The molecule has 0 radical (unpaired) electrons. The molecule has 2 N–H and O–H groups in total. The van der Waals surface area contributed by atoms with Gasteiger partial charge in [-0.05, 0) is 30.4 Å². The molecule has 1 unspecified atom stereocenters. The zero-order chi connectivity index (χ0) is 12.7. The number of thiophene rings is 1. The number of hydrogen-bond donors (Lipinski definition) is 2. The molecule has 1 aromatic heterocycles. The second-order valence-corrected chi connectivity index (χ2v) is 5.50. The van der Waals surface area contributed by atoms with Gasteiger partial charge < -0.3 is 10.6 Å². The van der Waals surface area contributed by atoms with Crippen molar-refractivity contribution in [3.8, 4) is 0 Å². The van der Waals surface area contributed by atoms with E-state index in [0.717, 1.165) is 17.3 Å². The molecule has 1 aromatic rings. The fourth-order valence-electron chi connectivity index (χ4n) is 1.42. The highest BCUT2D eigenvalue weighted by Gasteiger charge is 2.07. The van der Waals surface area contributed by atoms with Gasteiger partial charge in [0.25, 0.3) is 0 Å². The second kappa shape index (κ2) is 7.69. The van der Waals surface area contributed by atoms with E-state index in [1.165, 1.54) is 16.9 Å². The minimum atomic E-state index is 0.106. The Morgan fingerprint density at radius 1 is 1.53 bits per heavy atom. The summed E-state index contributed by atoms with van der Waals surface area (Å²) in [5.74, 6) is 0.106. The first-order valence-corrected chi connectivity index (χ1v) is 7.13. The number of nitrogens with one attached hydrogen (secondary N) is 2. The SMILES string of the molecule is CCCNC(=O)CCNC(C)c1csc(Cl)c1. The monoisotopic (exact) mass is 274 g/mol. The predicted octanol–water partition coefficient (Wildman–Crippen LogP) is 2.97. The molecule has 1 rings (SSSR count). The summed E-state index contributed by atoms with van der Waals surface area (Å²) >= 11 is 7.40. The number of carbonyl (C=O) groups is 1. The summed E-state index contributed by atoms with van der Waals surface area (Å²) in [5, 5.41) is 8.20. The van der Waals surface area contributed by atoms with E-state index < -0.39 is 0 Å². The van der Waals surface area contributed by atoms with Gasteiger partial charge in [-0.15, -0.1) is 11.3 Å². The van der Waals surface area contributed by atoms with E-state index >= 15 is 0 Å². The molecular weight excluding hydrogens is 256 g/mol. The van der Waals surface area contributed by atoms with Crippen LogP contribution in [-0.4, -0.2) is 19.0 Å². The number of hydrogen-bond acceptors (Lipinski definition) is 3. The summed E-state index contributed by atoms with van der Waals surface area (Å²) in [6, 6.07) is 2.19. The number of carbonyl (C=O) groups excluding carboxylic acids is 1. The molecule has 0 spiro atoms. The van der Waals surface area contributed by atoms with Crippen molar-refractivity contribution in [2.45, 2.75) is 32.7 Å². The fraction of sp³-hybridized carbons (Fsp3) is 0.583. The summed E-state index contributed by atoms with van der Waals surface area (Å²) in [6.45, 7) is 5.56. The quantitative estimate of drug-likeness (QED) is 0.803. The lowest BCUT2D eigenvalue weighted by Gasteiger charge is -2.12. The molecule has 0 fully saturated rings. The molecule has 0 aliphatic carbocycles. The second-order valence-electron chi connectivity index (χ2n) is 3.96. The molecule has 0 saturated carbocycles. The lowest BCUT2D eigenvalue weighted by molar-refractivity contribution is -0.121. The van der Waals surface area contributed by atoms with E-state index in [9.17, 15) is 4.79 Å². The van der Waals surface area contributed by atoms with Crippen molar-refractivity contribution in [1.82, 2.24) is 10.6 Å². The molecule has 1 atom stereocenters. The first kappa shape index (κ1) is 14.5. The summed E-state index contributed by atoms with van der Waals surface area (Å²) in [5.41, 5.74) is 1.17. The Morgan fingerprint density at radius 2 is 2.29 bits per heavy atom. The molecule has 0 aromatic carbocycles. The molecule has 17 heavy (non-hydrogen) atoms. The van der Waals surface area contributed by atoms with Gasteiger partial charge in [0.15, 0.2) is 0 Å². The Balaban J connectivity index is 2.20. The average Bonchev–Trinajstić information content (AvgIpc) is 2.73. The summed E-state index contributed by atoms with van der Waals surface area (Å²) < 4.78 is 0.800. The van der Waals surface area contributed by atoms with Crippen LogP contribution in [0.5, 0.6) is 0 Å². The van der Waals surface area contributed by atoms with Gasteiger partial charge in [0.1, 0.15) is 0 Å². The Bertz CT molecular complexity index is 354. The van der Waals surface area contributed by atoms with Crippen LogP contribution in [0.25, 0.3) is 0 Å². The Kier molecular flexibility index (Phi) is 6.55. The largest absolute Gasteiger partial charge is 0.356 e. The third kappa shape index (κ3) is 5.52. The van der Waals surface area contributed by atoms with Crippen LogP contribution in [0.3, 0.4) is 0 Å². The third-order valence-electron chi connectivity index (χ3n) is 2.46. The highest BCUT2D eigenvalue weighted by atomic mass is 35.5. The van der Waals surface area contributed by atoms with Crippen molar-refractivity contribution >= 4 is 28.8 Å². The highest BCUT2D eigenvalue weighted by Crippen LogP contribution is 2.24. The number of rotatable bonds is 7. The van der Waals surface area contributed by atoms with Gasteiger partial charge in [-0.1, -0.05) is 18.5 Å². The van der Waals surface area contributed by atoms with Crippen LogP contribution in [0.1, 0.15) is 38.3 Å². The Morgan fingerprint density at radius 3 is 2.88 bits per heavy atom. The predicted molar refractivity (Wildman–Crippen MR) is 73.7 cm³/mol. The molecule has 1 heterocycles. The molecule has 5 heteroatoms. The summed E-state index contributed by atoms with van der Waals surface area (Å²) in [4.78, 5) is 11.4. The highest BCUT2D eigenvalue weighted by molar-refractivity contribution is 7.14. The molecule has 0 aliphatic rings. The zero-order valence-electron chi connectivity index (χ0n) is 10.3. The summed E-state index contributed by atoms with van der Waals surface area (Å²) in [6.07, 6.45) is 1.49. The van der Waals surface area contributed by atoms with Crippen molar-refractivity contribution in [1.29, 1.82) is 0 Å². The van der Waals surface area contributed by atoms with Gasteiger partial charge in [0.2, 0.25) is 5.91 Å². The maximum Gasteiger partial charge on any atom is 0.221 e. The van der Waals surface area contributed by atoms with E-state index in [0.29, 0.717) is 13.0 Å². The Hall–Kier alpha value is -0.580. The normalized spacial score (nSPS) is 12.4. The van der Waals surface area contributed by atoms with Crippen LogP contribution in [-0.2, 0) is 4.79 Å². The van der Waals surface area contributed by atoms with Crippen molar-refractivity contribution in [2.24, 2.45) is 0 Å². The van der Waals surface area contributed by atoms with Crippen LogP contribution in [0.2, 0.25) is 4.34 Å². The average molecular weight is 275 g/mol. The van der Waals surface area contributed by atoms with Gasteiger partial charge >= 0.3 is 0 Å². The molecule has 96 valence electrons. The Labute approximate surface area is 112 Å². The zero-order valence-corrected chi connectivity index (χ0v) is 11.8. The van der Waals surface area contributed by atoms with E-state index in [4.69, 9.17) is 11.6 Å². The smallest absolute Gasteiger partial charge is 0.221 e. The minimum Gasteiger partial charge on any atom is -0.356 e. The first-order valence-electron chi connectivity index (χ1n) is 5.87. The molecule has 3 nitrogen and oxygen atoms in total. The van der Waals surface area contributed by atoms with Crippen molar-refractivity contribution in [3.05, 3.63) is 21.3 Å². The maximum atomic E-state index is 11.4. The van der Waals surface area contributed by atoms with Crippen LogP contribution in [0.4, 0.5) is 0 Å². The standard InChI is InChI=1S/C12H19ClN2OS/c1-3-5-15-12(16)4-6-14-9(2)10-7-11(13)17-8-10/h7-9,14H,3-6H2,1-2H3,(H,15,16). The van der Waals surface area contributed by atoms with Crippen molar-refractivity contribution < 1.29 is 4.79 Å². The van der Waals surface area contributed by atoms with Gasteiger partial charge in [0, 0.05) is 25.6 Å². The van der Waals surface area contributed by atoms with E-state index in [2.05, 4.69) is 17.6 Å². The van der Waals surface area contributed by atoms with E-state index in [1.807, 2.05) is 18.4 Å². The lowest BCUT2D eigenvalue weighted by Crippen LogP contribution is -2.29. The molecule has 0 aliphatic heterocycles. The number of halogens is 1. The molecule has 1 amide bonds. The van der Waals surface area contributed by atoms with E-state index in [1.54, 1.807) is 0 Å². The van der Waals surface area contributed by atoms with Crippen molar-refractivity contribution in [3.63, 3.8) is 0 Å². The topological polar surface area (TPSA) is 41.1 Å². The van der Waals surface area contributed by atoms with E-state index in [-0.39, 0.29) is 11.9 Å². The van der Waals surface area contributed by atoms with Gasteiger partial charge in [-0.25, -0.2) is 0 Å². The van der Waals surface area contributed by atoms with Crippen molar-refractivity contribution in [2.75, 3.05) is 13.1 Å². The van der Waals surface area contributed by atoms with Crippen LogP contribution in [0, 0.1) is 0 Å². The van der Waals surface area contributed by atoms with Crippen LogP contribution >= 0.6 is 22.9 Å². The fourth-order valence-corrected chi connectivity index (χ4v) is 2.41. The summed E-state index contributed by atoms with van der Waals surface area (Å²) in [7, 11) is 0. The maximum absolute atomic E-state index is 11.4. The van der Waals surface area contributed by atoms with Gasteiger partial charge in [0.05, 0.1) is 4.34 Å². The first-order chi connectivity index (χ1) is 8.13. The molecule has 0 bridgehead atoms.